The smallest absolute Gasteiger partial charge is 0.120 e. The van der Waals surface area contributed by atoms with E-state index >= 15 is 0 Å². The fourth-order valence-electron chi connectivity index (χ4n) is 2.27. The number of phenols is 1. The van der Waals surface area contributed by atoms with Crippen LogP contribution in [-0.4, -0.2) is 18.3 Å². The van der Waals surface area contributed by atoms with E-state index < -0.39 is 0 Å². The van der Waals surface area contributed by atoms with Crippen LogP contribution >= 0.6 is 0 Å². The fraction of sp³-hybridized carbons (Fsp3) is 0.571. The summed E-state index contributed by atoms with van der Waals surface area (Å²) in [5, 5.41) is 9.84. The van der Waals surface area contributed by atoms with Gasteiger partial charge >= 0.3 is 0 Å². The summed E-state index contributed by atoms with van der Waals surface area (Å²) in [6.45, 7) is 1.96. The fourth-order valence-corrected chi connectivity index (χ4v) is 2.27. The standard InChI is InChI=1S/C14H21NO3/c1-10(15-18-11-5-3-4-6-11)13-9-12(17-2)7-8-14(13)16/h7-11,15-16H,3-6H2,1-2H3. The molecule has 1 aromatic carbocycles. The highest BCUT2D eigenvalue weighted by atomic mass is 16.7. The zero-order chi connectivity index (χ0) is 13.0. The highest BCUT2D eigenvalue weighted by molar-refractivity contribution is 5.40. The van der Waals surface area contributed by atoms with Gasteiger partial charge in [0.05, 0.1) is 19.3 Å². The number of methoxy groups -OCH3 is 1. The first-order valence-electron chi connectivity index (χ1n) is 6.49. The van der Waals surface area contributed by atoms with Crippen LogP contribution in [0.1, 0.15) is 44.2 Å². The van der Waals surface area contributed by atoms with Crippen molar-refractivity contribution in [2.45, 2.75) is 44.8 Å². The molecule has 2 rings (SSSR count). The lowest BCUT2D eigenvalue weighted by atomic mass is 10.1. The van der Waals surface area contributed by atoms with Gasteiger partial charge in [0.2, 0.25) is 0 Å². The number of rotatable bonds is 5. The molecule has 4 heteroatoms. The number of hydroxylamine groups is 1. The lowest BCUT2D eigenvalue weighted by Crippen LogP contribution is -2.24. The lowest BCUT2D eigenvalue weighted by Gasteiger charge is -2.19. The normalized spacial score (nSPS) is 17.9. The predicted molar refractivity (Wildman–Crippen MR) is 69.6 cm³/mol. The summed E-state index contributed by atoms with van der Waals surface area (Å²) in [4.78, 5) is 5.65. The molecule has 1 aliphatic rings. The van der Waals surface area contributed by atoms with Crippen LogP contribution in [0.4, 0.5) is 0 Å². The summed E-state index contributed by atoms with van der Waals surface area (Å²) in [6, 6.07) is 5.14. The Balaban J connectivity index is 1.96. The molecule has 1 unspecified atom stereocenters. The molecule has 0 heterocycles. The van der Waals surface area contributed by atoms with E-state index in [9.17, 15) is 5.11 Å². The van der Waals surface area contributed by atoms with Crippen molar-refractivity contribution in [3.05, 3.63) is 23.8 Å². The van der Waals surface area contributed by atoms with Crippen LogP contribution in [0.15, 0.2) is 18.2 Å². The summed E-state index contributed by atoms with van der Waals surface area (Å²) in [5.74, 6) is 0.989. The number of nitrogens with one attached hydrogen (secondary N) is 1. The van der Waals surface area contributed by atoms with Crippen molar-refractivity contribution in [1.29, 1.82) is 0 Å². The lowest BCUT2D eigenvalue weighted by molar-refractivity contribution is -0.0380. The molecule has 0 aliphatic heterocycles. The van der Waals surface area contributed by atoms with E-state index in [0.29, 0.717) is 6.10 Å². The number of hydrogen-bond acceptors (Lipinski definition) is 4. The Morgan fingerprint density at radius 2 is 2.06 bits per heavy atom. The maximum absolute atomic E-state index is 9.84. The number of hydrogen-bond donors (Lipinski definition) is 2. The number of aromatic hydroxyl groups is 1. The Bertz CT molecular complexity index is 389. The molecule has 100 valence electrons. The van der Waals surface area contributed by atoms with Crippen molar-refractivity contribution < 1.29 is 14.7 Å². The molecule has 1 aliphatic carbocycles. The molecule has 0 radical (unpaired) electrons. The molecule has 0 saturated heterocycles. The van der Waals surface area contributed by atoms with Gasteiger partial charge in [0.15, 0.2) is 0 Å². The molecular weight excluding hydrogens is 230 g/mol. The minimum Gasteiger partial charge on any atom is -0.508 e. The molecule has 0 bridgehead atoms. The molecular formula is C14H21NO3. The van der Waals surface area contributed by atoms with E-state index in [1.165, 1.54) is 12.8 Å². The Morgan fingerprint density at radius 3 is 2.72 bits per heavy atom. The van der Waals surface area contributed by atoms with Crippen LogP contribution in [0.3, 0.4) is 0 Å². The summed E-state index contributed by atoms with van der Waals surface area (Å²) in [5.41, 5.74) is 3.80. The molecule has 0 spiro atoms. The second-order valence-electron chi connectivity index (χ2n) is 4.79. The molecule has 2 N–H and O–H groups in total. The van der Waals surface area contributed by atoms with E-state index in [-0.39, 0.29) is 11.8 Å². The number of phenolic OH excluding ortho intramolecular Hbond substituents is 1. The van der Waals surface area contributed by atoms with Gasteiger partial charge in [-0.3, -0.25) is 4.84 Å². The first kappa shape index (κ1) is 13.2. The van der Waals surface area contributed by atoms with Gasteiger partial charge in [0, 0.05) is 5.56 Å². The first-order valence-corrected chi connectivity index (χ1v) is 6.49. The van der Waals surface area contributed by atoms with Gasteiger partial charge in [-0.05, 0) is 38.0 Å². The van der Waals surface area contributed by atoms with E-state index in [4.69, 9.17) is 9.57 Å². The van der Waals surface area contributed by atoms with Crippen molar-refractivity contribution in [2.75, 3.05) is 7.11 Å². The van der Waals surface area contributed by atoms with Crippen LogP contribution in [0.5, 0.6) is 11.5 Å². The number of benzene rings is 1. The third-order valence-corrected chi connectivity index (χ3v) is 3.41. The summed E-state index contributed by atoms with van der Waals surface area (Å²) in [7, 11) is 1.61. The predicted octanol–water partition coefficient (Wildman–Crippen LogP) is 2.93. The van der Waals surface area contributed by atoms with Gasteiger partial charge < -0.3 is 9.84 Å². The Labute approximate surface area is 108 Å². The summed E-state index contributed by atoms with van der Waals surface area (Å²) >= 11 is 0. The van der Waals surface area contributed by atoms with Gasteiger partial charge in [-0.2, -0.15) is 5.48 Å². The second kappa shape index (κ2) is 6.07. The largest absolute Gasteiger partial charge is 0.508 e. The molecule has 1 atom stereocenters. The van der Waals surface area contributed by atoms with Gasteiger partial charge in [0.25, 0.3) is 0 Å². The van der Waals surface area contributed by atoms with E-state index in [2.05, 4.69) is 5.48 Å². The molecule has 0 amide bonds. The molecule has 1 saturated carbocycles. The monoisotopic (exact) mass is 251 g/mol. The van der Waals surface area contributed by atoms with Crippen molar-refractivity contribution in [2.24, 2.45) is 0 Å². The van der Waals surface area contributed by atoms with Crippen LogP contribution in [0, 0.1) is 0 Å². The molecule has 1 fully saturated rings. The summed E-state index contributed by atoms with van der Waals surface area (Å²) < 4.78 is 5.16. The van der Waals surface area contributed by atoms with E-state index in [1.807, 2.05) is 13.0 Å². The van der Waals surface area contributed by atoms with Crippen molar-refractivity contribution in [3.8, 4) is 11.5 Å². The second-order valence-corrected chi connectivity index (χ2v) is 4.79. The maximum Gasteiger partial charge on any atom is 0.120 e. The molecule has 18 heavy (non-hydrogen) atoms. The first-order chi connectivity index (χ1) is 8.70. The van der Waals surface area contributed by atoms with E-state index in [1.54, 1.807) is 19.2 Å². The quantitative estimate of drug-likeness (QED) is 0.790. The highest BCUT2D eigenvalue weighted by Crippen LogP contribution is 2.29. The molecule has 0 aromatic heterocycles. The van der Waals surface area contributed by atoms with Gasteiger partial charge in [-0.25, -0.2) is 0 Å². The van der Waals surface area contributed by atoms with Crippen LogP contribution in [-0.2, 0) is 4.84 Å². The van der Waals surface area contributed by atoms with Gasteiger partial charge in [-0.1, -0.05) is 12.8 Å². The Morgan fingerprint density at radius 1 is 1.33 bits per heavy atom. The zero-order valence-electron chi connectivity index (χ0n) is 11.0. The Hall–Kier alpha value is -1.26. The third-order valence-electron chi connectivity index (χ3n) is 3.41. The van der Waals surface area contributed by atoms with Crippen molar-refractivity contribution in [3.63, 3.8) is 0 Å². The van der Waals surface area contributed by atoms with Crippen molar-refractivity contribution >= 4 is 0 Å². The summed E-state index contributed by atoms with van der Waals surface area (Å²) in [6.07, 6.45) is 5.02. The van der Waals surface area contributed by atoms with Gasteiger partial charge in [0.1, 0.15) is 11.5 Å². The highest BCUT2D eigenvalue weighted by Gasteiger charge is 2.18. The van der Waals surface area contributed by atoms with E-state index in [0.717, 1.165) is 24.2 Å². The average molecular weight is 251 g/mol. The Kier molecular flexibility index (Phi) is 4.44. The molecule has 4 nitrogen and oxygen atoms in total. The zero-order valence-corrected chi connectivity index (χ0v) is 11.0. The van der Waals surface area contributed by atoms with Gasteiger partial charge in [-0.15, -0.1) is 0 Å². The SMILES string of the molecule is COc1ccc(O)c(C(C)NOC2CCCC2)c1. The molecule has 1 aromatic rings. The third kappa shape index (κ3) is 3.15. The van der Waals surface area contributed by atoms with Crippen LogP contribution in [0.2, 0.25) is 0 Å². The topological polar surface area (TPSA) is 50.7 Å². The van der Waals surface area contributed by atoms with Crippen LogP contribution < -0.4 is 10.2 Å². The minimum absolute atomic E-state index is 0.0688. The minimum atomic E-state index is -0.0688. The number of ether oxygens (including phenoxy) is 1. The maximum atomic E-state index is 9.84. The van der Waals surface area contributed by atoms with Crippen molar-refractivity contribution in [1.82, 2.24) is 5.48 Å². The van der Waals surface area contributed by atoms with Crippen LogP contribution in [0.25, 0.3) is 0 Å². The average Bonchev–Trinajstić information content (AvgIpc) is 2.89.